The fraction of sp³-hybridized carbons (Fsp3) is 0.581. The van der Waals surface area contributed by atoms with Gasteiger partial charge in [0.05, 0.1) is 12.0 Å². The lowest BCUT2D eigenvalue weighted by molar-refractivity contribution is -0.256. The summed E-state index contributed by atoms with van der Waals surface area (Å²) in [4.78, 5) is 16.8. The third kappa shape index (κ3) is 6.03. The standard InChI is InChI=1S/C31H39F3N2O2/c1-23-4-2-17-36(20-23)29(37)27-7-5-25(6-8-27)26-9-11-28(12-10-26)38-21-24-13-18-35(19-14-24)22-30(15-3-16-30)31(32,33)34/h5-12,23-24H,2-4,13-22H2,1H3. The van der Waals surface area contributed by atoms with Gasteiger partial charge in [-0.1, -0.05) is 37.6 Å². The zero-order valence-electron chi connectivity index (χ0n) is 22.3. The molecule has 1 aliphatic carbocycles. The van der Waals surface area contributed by atoms with E-state index in [4.69, 9.17) is 4.74 Å². The number of rotatable bonds is 7. The van der Waals surface area contributed by atoms with Gasteiger partial charge >= 0.3 is 6.18 Å². The van der Waals surface area contributed by atoms with Crippen LogP contribution >= 0.6 is 0 Å². The maximum absolute atomic E-state index is 13.5. The van der Waals surface area contributed by atoms with E-state index in [0.717, 1.165) is 54.8 Å². The summed E-state index contributed by atoms with van der Waals surface area (Å²) in [6.45, 7) is 6.02. The van der Waals surface area contributed by atoms with Crippen molar-refractivity contribution >= 4 is 5.91 Å². The van der Waals surface area contributed by atoms with Crippen molar-refractivity contribution in [1.29, 1.82) is 0 Å². The first-order chi connectivity index (χ1) is 18.2. The lowest BCUT2D eigenvalue weighted by Crippen LogP contribution is -2.53. The van der Waals surface area contributed by atoms with Crippen molar-refractivity contribution in [3.8, 4) is 16.9 Å². The van der Waals surface area contributed by atoms with Crippen LogP contribution in [0.15, 0.2) is 48.5 Å². The van der Waals surface area contributed by atoms with E-state index in [1.807, 2.05) is 58.3 Å². The molecule has 206 valence electrons. The van der Waals surface area contributed by atoms with Crippen molar-refractivity contribution in [2.24, 2.45) is 17.3 Å². The summed E-state index contributed by atoms with van der Waals surface area (Å²) in [5.41, 5.74) is 1.37. The molecule has 0 radical (unpaired) electrons. The van der Waals surface area contributed by atoms with Crippen LogP contribution in [0.5, 0.6) is 5.75 Å². The summed E-state index contributed by atoms with van der Waals surface area (Å²) in [6.07, 6.45) is 1.13. The van der Waals surface area contributed by atoms with Gasteiger partial charge in [-0.25, -0.2) is 0 Å². The van der Waals surface area contributed by atoms with E-state index in [2.05, 4.69) is 6.92 Å². The molecule has 3 aliphatic rings. The summed E-state index contributed by atoms with van der Waals surface area (Å²) in [5.74, 6) is 1.83. The Morgan fingerprint density at radius 3 is 2.11 bits per heavy atom. The number of benzene rings is 2. The third-order valence-corrected chi connectivity index (χ3v) is 8.89. The van der Waals surface area contributed by atoms with Crippen molar-refractivity contribution < 1.29 is 22.7 Å². The number of halogens is 3. The van der Waals surface area contributed by atoms with E-state index in [9.17, 15) is 18.0 Å². The number of amides is 1. The van der Waals surface area contributed by atoms with Crippen LogP contribution in [0.4, 0.5) is 13.2 Å². The number of nitrogens with zero attached hydrogens (tertiary/aromatic N) is 2. The first-order valence-corrected chi connectivity index (χ1v) is 14.1. The van der Waals surface area contributed by atoms with Gasteiger partial charge in [0.1, 0.15) is 5.75 Å². The highest BCUT2D eigenvalue weighted by Gasteiger charge is 2.58. The van der Waals surface area contributed by atoms with Crippen LogP contribution < -0.4 is 4.74 Å². The average Bonchev–Trinajstić information content (AvgIpc) is 2.89. The number of ether oxygens (including phenoxy) is 1. The van der Waals surface area contributed by atoms with E-state index >= 15 is 0 Å². The molecular weight excluding hydrogens is 489 g/mol. The number of hydrogen-bond acceptors (Lipinski definition) is 3. The Morgan fingerprint density at radius 1 is 0.921 bits per heavy atom. The maximum Gasteiger partial charge on any atom is 0.395 e. The molecule has 2 aromatic carbocycles. The van der Waals surface area contributed by atoms with Gasteiger partial charge in [-0.2, -0.15) is 13.2 Å². The van der Waals surface area contributed by atoms with Gasteiger partial charge in [0.25, 0.3) is 5.91 Å². The zero-order chi connectivity index (χ0) is 26.8. The van der Waals surface area contributed by atoms with Crippen LogP contribution in [0.2, 0.25) is 0 Å². The number of piperidine rings is 2. The minimum absolute atomic E-state index is 0.112. The van der Waals surface area contributed by atoms with Gasteiger partial charge in [0.2, 0.25) is 0 Å². The van der Waals surface area contributed by atoms with Crippen LogP contribution in [0.1, 0.15) is 62.2 Å². The Balaban J connectivity index is 1.08. The van der Waals surface area contributed by atoms with Gasteiger partial charge in [-0.15, -0.1) is 0 Å². The quantitative estimate of drug-likeness (QED) is 0.386. The molecule has 7 heteroatoms. The first kappa shape index (κ1) is 27.0. The van der Waals surface area contributed by atoms with E-state index in [1.54, 1.807) is 0 Å². The molecule has 0 bridgehead atoms. The van der Waals surface area contributed by atoms with Crippen molar-refractivity contribution in [3.05, 3.63) is 54.1 Å². The Hall–Kier alpha value is -2.54. The molecule has 38 heavy (non-hydrogen) atoms. The molecule has 1 saturated carbocycles. The Bertz CT molecular complexity index is 1070. The van der Waals surface area contributed by atoms with Gasteiger partial charge in [0, 0.05) is 25.2 Å². The van der Waals surface area contributed by atoms with E-state index in [-0.39, 0.29) is 25.3 Å². The highest BCUT2D eigenvalue weighted by atomic mass is 19.4. The molecule has 0 spiro atoms. The van der Waals surface area contributed by atoms with Crippen LogP contribution in [-0.4, -0.2) is 61.2 Å². The summed E-state index contributed by atoms with van der Waals surface area (Å²) < 4.78 is 46.5. The molecule has 2 heterocycles. The van der Waals surface area contributed by atoms with Crippen molar-refractivity contribution in [1.82, 2.24) is 9.80 Å². The number of carbonyl (C=O) groups excluding carboxylic acids is 1. The molecule has 5 rings (SSSR count). The van der Waals surface area contributed by atoms with Gasteiger partial charge in [-0.05, 0) is 98.8 Å². The van der Waals surface area contributed by atoms with Crippen LogP contribution in [0.3, 0.4) is 0 Å². The number of carbonyl (C=O) groups is 1. The van der Waals surface area contributed by atoms with E-state index in [0.29, 0.717) is 38.0 Å². The maximum atomic E-state index is 13.5. The van der Waals surface area contributed by atoms with E-state index < -0.39 is 11.6 Å². The molecule has 4 nitrogen and oxygen atoms in total. The summed E-state index contributed by atoms with van der Waals surface area (Å²) in [5, 5.41) is 0. The molecule has 2 saturated heterocycles. The van der Waals surface area contributed by atoms with Crippen molar-refractivity contribution in [3.63, 3.8) is 0 Å². The second kappa shape index (κ2) is 11.3. The number of alkyl halides is 3. The van der Waals surface area contributed by atoms with Gasteiger partial charge in [0.15, 0.2) is 0 Å². The molecular formula is C31H39F3N2O2. The highest BCUT2D eigenvalue weighted by molar-refractivity contribution is 5.94. The second-order valence-electron chi connectivity index (χ2n) is 11.8. The minimum Gasteiger partial charge on any atom is -0.493 e. The molecule has 3 fully saturated rings. The average molecular weight is 529 g/mol. The van der Waals surface area contributed by atoms with Gasteiger partial charge in [-0.3, -0.25) is 4.79 Å². The smallest absolute Gasteiger partial charge is 0.395 e. The summed E-state index contributed by atoms with van der Waals surface area (Å²) in [7, 11) is 0. The molecule has 2 aromatic rings. The largest absolute Gasteiger partial charge is 0.493 e. The third-order valence-electron chi connectivity index (χ3n) is 8.89. The Kier molecular flexibility index (Phi) is 8.03. The fourth-order valence-corrected chi connectivity index (χ4v) is 6.19. The normalized spacial score (nSPS) is 22.6. The lowest BCUT2D eigenvalue weighted by atomic mass is 9.67. The van der Waals surface area contributed by atoms with Crippen molar-refractivity contribution in [2.45, 2.75) is 58.0 Å². The lowest BCUT2D eigenvalue weighted by Gasteiger charge is -2.47. The Labute approximate surface area is 224 Å². The molecule has 0 aromatic heterocycles. The van der Waals surface area contributed by atoms with Crippen LogP contribution in [0, 0.1) is 17.3 Å². The summed E-state index contributed by atoms with van der Waals surface area (Å²) >= 11 is 0. The van der Waals surface area contributed by atoms with Gasteiger partial charge < -0.3 is 14.5 Å². The zero-order valence-corrected chi connectivity index (χ0v) is 22.3. The highest BCUT2D eigenvalue weighted by Crippen LogP contribution is 2.53. The number of likely N-dealkylation sites (tertiary alicyclic amines) is 2. The first-order valence-electron chi connectivity index (χ1n) is 14.1. The van der Waals surface area contributed by atoms with Crippen LogP contribution in [-0.2, 0) is 0 Å². The van der Waals surface area contributed by atoms with E-state index in [1.165, 1.54) is 6.42 Å². The molecule has 0 N–H and O–H groups in total. The molecule has 2 aliphatic heterocycles. The SMILES string of the molecule is CC1CCCN(C(=O)c2ccc(-c3ccc(OCC4CCN(CC5(C(F)(F)F)CCC5)CC4)cc3)cc2)C1. The summed E-state index contributed by atoms with van der Waals surface area (Å²) in [6, 6.07) is 15.8. The topological polar surface area (TPSA) is 32.8 Å². The predicted molar refractivity (Wildman–Crippen MR) is 143 cm³/mol. The number of hydrogen-bond donors (Lipinski definition) is 0. The fourth-order valence-electron chi connectivity index (χ4n) is 6.19. The monoisotopic (exact) mass is 528 g/mol. The predicted octanol–water partition coefficient (Wildman–Crippen LogP) is 7.05. The Morgan fingerprint density at radius 2 is 1.55 bits per heavy atom. The molecule has 1 atom stereocenters. The van der Waals surface area contributed by atoms with Crippen molar-refractivity contribution in [2.75, 3.05) is 39.3 Å². The second-order valence-corrected chi connectivity index (χ2v) is 11.8. The van der Waals surface area contributed by atoms with Crippen LogP contribution in [0.25, 0.3) is 11.1 Å². The molecule has 1 unspecified atom stereocenters. The minimum atomic E-state index is -4.09. The molecule has 1 amide bonds.